The Hall–Kier alpha value is -4.11. The average molecular weight is 648 g/mol. The number of aromatic nitrogens is 3. The van der Waals surface area contributed by atoms with Crippen molar-refractivity contribution in [3.8, 4) is 17.1 Å². The van der Waals surface area contributed by atoms with Gasteiger partial charge >= 0.3 is 12.2 Å². The summed E-state index contributed by atoms with van der Waals surface area (Å²) in [6.07, 6.45) is -1.48. The van der Waals surface area contributed by atoms with E-state index < -0.39 is 34.5 Å². The highest BCUT2D eigenvalue weighted by Crippen LogP contribution is 2.46. The van der Waals surface area contributed by atoms with Crippen LogP contribution in [-0.4, -0.2) is 83.1 Å². The summed E-state index contributed by atoms with van der Waals surface area (Å²) < 4.78 is 81.3. The molecule has 4 aromatic rings. The summed E-state index contributed by atoms with van der Waals surface area (Å²) in [7, 11) is 3.58. The Morgan fingerprint density at radius 2 is 1.98 bits per heavy atom. The number of thiazole rings is 1. The van der Waals surface area contributed by atoms with E-state index in [1.807, 2.05) is 7.05 Å². The first-order chi connectivity index (χ1) is 21.4. The highest BCUT2D eigenvalue weighted by atomic mass is 32.1. The highest BCUT2D eigenvalue weighted by Gasteiger charge is 2.39. The number of carbonyl (C=O) groups is 1. The van der Waals surface area contributed by atoms with Crippen molar-refractivity contribution >= 4 is 49.3 Å². The van der Waals surface area contributed by atoms with Crippen LogP contribution in [0.1, 0.15) is 24.8 Å². The third-order valence-electron chi connectivity index (χ3n) is 8.59. The average Bonchev–Trinajstić information content (AvgIpc) is 3.75. The number of ether oxygens (including phenoxy) is 1. The predicted octanol–water partition coefficient (Wildman–Crippen LogP) is 5.48. The van der Waals surface area contributed by atoms with E-state index in [1.54, 1.807) is 16.8 Å². The van der Waals surface area contributed by atoms with Crippen molar-refractivity contribution in [2.24, 2.45) is 0 Å². The summed E-state index contributed by atoms with van der Waals surface area (Å²) in [6, 6.07) is 2.35. The number of carbonyl (C=O) groups excluding carboxylic acids is 1. The highest BCUT2D eigenvalue weighted by molar-refractivity contribution is 7.22. The molecule has 1 amide bonds. The molecule has 0 saturated carbocycles. The third kappa shape index (κ3) is 5.63. The molecule has 45 heavy (non-hydrogen) atoms. The summed E-state index contributed by atoms with van der Waals surface area (Å²) in [5, 5.41) is -0.272. The Bertz CT molecular complexity index is 1810. The van der Waals surface area contributed by atoms with Gasteiger partial charge in [-0.1, -0.05) is 17.9 Å². The maximum absolute atomic E-state index is 16.7. The molecule has 2 saturated heterocycles. The van der Waals surface area contributed by atoms with Gasteiger partial charge in [-0.15, -0.1) is 0 Å². The van der Waals surface area contributed by atoms with Gasteiger partial charge in [-0.3, -0.25) is 4.79 Å². The van der Waals surface area contributed by atoms with E-state index >= 15 is 4.39 Å². The molecule has 9 nitrogen and oxygen atoms in total. The number of likely N-dealkylation sites (tertiary alicyclic amines) is 2. The molecule has 2 aromatic heterocycles. The molecule has 0 aliphatic carbocycles. The molecule has 2 aliphatic rings. The summed E-state index contributed by atoms with van der Waals surface area (Å²) >= 11 is 0.753. The number of anilines is 2. The molecule has 2 aromatic carbocycles. The SMILES string of the molecule is C=CC(=O)N1CCC(N(C)c2nc(OCC3CCCN3C)nc3c(F)c(-c4ccc(F)c5sc(N)nc45)c(C(F)(F)F)cc23)C1. The molecule has 2 unspecified atom stereocenters. The first-order valence-corrected chi connectivity index (χ1v) is 15.1. The summed E-state index contributed by atoms with van der Waals surface area (Å²) in [5.74, 6) is -2.27. The normalized spacial score (nSPS) is 19.1. The minimum atomic E-state index is -5.02. The summed E-state index contributed by atoms with van der Waals surface area (Å²) in [4.78, 5) is 30.4. The van der Waals surface area contributed by atoms with E-state index in [-0.39, 0.29) is 69.3 Å². The number of nitrogens with zero attached hydrogens (tertiary/aromatic N) is 6. The first kappa shape index (κ1) is 30.9. The fraction of sp³-hybridized carbons (Fsp3) is 0.400. The van der Waals surface area contributed by atoms with Gasteiger partial charge < -0.3 is 25.2 Å². The Morgan fingerprint density at radius 3 is 2.67 bits per heavy atom. The van der Waals surface area contributed by atoms with Crippen LogP contribution in [0, 0.1) is 11.6 Å². The number of fused-ring (bicyclic) bond motifs is 2. The Labute approximate surface area is 259 Å². The smallest absolute Gasteiger partial charge is 0.417 e. The molecule has 0 bridgehead atoms. The largest absolute Gasteiger partial charge is 0.462 e. The van der Waals surface area contributed by atoms with Crippen LogP contribution in [-0.2, 0) is 11.0 Å². The Kier molecular flexibility index (Phi) is 8.01. The monoisotopic (exact) mass is 647 g/mol. The van der Waals surface area contributed by atoms with Crippen LogP contribution in [0.2, 0.25) is 0 Å². The summed E-state index contributed by atoms with van der Waals surface area (Å²) in [5.41, 5.74) is 2.77. The molecular weight excluding hydrogens is 617 g/mol. The van der Waals surface area contributed by atoms with Gasteiger partial charge in [0.05, 0.1) is 15.8 Å². The number of halogens is 5. The molecule has 2 fully saturated rings. The molecule has 4 heterocycles. The van der Waals surface area contributed by atoms with E-state index in [0.717, 1.165) is 48.9 Å². The molecule has 6 rings (SSSR count). The first-order valence-electron chi connectivity index (χ1n) is 14.3. The molecule has 2 aliphatic heterocycles. The number of hydrogen-bond donors (Lipinski definition) is 1. The number of alkyl halides is 3. The molecular formula is C30H30F5N7O2S. The molecule has 0 spiro atoms. The number of rotatable bonds is 7. The number of nitrogen functional groups attached to an aromatic ring is 1. The number of nitrogens with two attached hydrogens (primary N) is 1. The van der Waals surface area contributed by atoms with Gasteiger partial charge in [0.1, 0.15) is 23.8 Å². The van der Waals surface area contributed by atoms with Gasteiger partial charge in [0.25, 0.3) is 0 Å². The van der Waals surface area contributed by atoms with E-state index in [9.17, 15) is 22.4 Å². The van der Waals surface area contributed by atoms with Crippen molar-refractivity contribution in [1.82, 2.24) is 24.8 Å². The number of benzene rings is 2. The lowest BCUT2D eigenvalue weighted by Crippen LogP contribution is -2.37. The van der Waals surface area contributed by atoms with Crippen LogP contribution in [0.5, 0.6) is 6.01 Å². The van der Waals surface area contributed by atoms with Gasteiger partial charge in [-0.2, -0.15) is 23.1 Å². The van der Waals surface area contributed by atoms with E-state index in [1.165, 1.54) is 6.08 Å². The molecule has 0 radical (unpaired) electrons. The van der Waals surface area contributed by atoms with Crippen molar-refractivity contribution < 1.29 is 31.5 Å². The van der Waals surface area contributed by atoms with Gasteiger partial charge in [-0.25, -0.2) is 13.8 Å². The zero-order valence-corrected chi connectivity index (χ0v) is 25.3. The van der Waals surface area contributed by atoms with E-state index in [0.29, 0.717) is 13.0 Å². The van der Waals surface area contributed by atoms with Crippen LogP contribution in [0.25, 0.3) is 32.2 Å². The van der Waals surface area contributed by atoms with Gasteiger partial charge in [0.15, 0.2) is 10.9 Å². The zero-order chi connectivity index (χ0) is 32.2. The molecule has 238 valence electrons. The lowest BCUT2D eigenvalue weighted by Gasteiger charge is -2.28. The number of amides is 1. The minimum Gasteiger partial charge on any atom is -0.462 e. The second-order valence-corrected chi connectivity index (χ2v) is 12.3. The van der Waals surface area contributed by atoms with Gasteiger partial charge in [0, 0.05) is 48.7 Å². The van der Waals surface area contributed by atoms with Crippen molar-refractivity contribution in [2.45, 2.75) is 37.5 Å². The molecule has 2 atom stereocenters. The van der Waals surface area contributed by atoms with E-state index in [4.69, 9.17) is 10.5 Å². The zero-order valence-electron chi connectivity index (χ0n) is 24.5. The lowest BCUT2D eigenvalue weighted by molar-refractivity contribution is -0.137. The standard InChI is InChI=1S/C30H30F5N7O2S/c1-4-21(43)42-11-9-15(13-42)41(3)27-18-12-19(30(33,34)35)22(17-7-8-20(31)26-25(17)37-28(36)45-26)23(32)24(18)38-29(39-27)44-14-16-6-5-10-40(16)2/h4,7-8,12,15-16H,1,5-6,9-11,13-14H2,2-3H3,(H2,36,37). The van der Waals surface area contributed by atoms with Crippen LogP contribution < -0.4 is 15.4 Å². The van der Waals surface area contributed by atoms with Crippen LogP contribution >= 0.6 is 11.3 Å². The van der Waals surface area contributed by atoms with Crippen LogP contribution in [0.4, 0.5) is 32.9 Å². The Balaban J connectivity index is 1.55. The quantitative estimate of drug-likeness (QED) is 0.208. The minimum absolute atomic E-state index is 0.0192. The maximum atomic E-state index is 16.7. The summed E-state index contributed by atoms with van der Waals surface area (Å²) in [6.45, 7) is 5.27. The van der Waals surface area contributed by atoms with E-state index in [2.05, 4.69) is 26.4 Å². The number of hydrogen-bond acceptors (Lipinski definition) is 9. The fourth-order valence-electron chi connectivity index (χ4n) is 6.13. The van der Waals surface area contributed by atoms with Crippen molar-refractivity contribution in [3.63, 3.8) is 0 Å². The predicted molar refractivity (Wildman–Crippen MR) is 162 cm³/mol. The third-order valence-corrected chi connectivity index (χ3v) is 9.48. The van der Waals surface area contributed by atoms with Crippen molar-refractivity contribution in [3.05, 3.63) is 48.1 Å². The molecule has 2 N–H and O–H groups in total. The van der Waals surface area contributed by atoms with Crippen molar-refractivity contribution in [1.29, 1.82) is 0 Å². The maximum Gasteiger partial charge on any atom is 0.417 e. The second-order valence-electron chi connectivity index (χ2n) is 11.3. The van der Waals surface area contributed by atoms with Crippen LogP contribution in [0.3, 0.4) is 0 Å². The van der Waals surface area contributed by atoms with Crippen LogP contribution in [0.15, 0.2) is 30.9 Å². The van der Waals surface area contributed by atoms with Gasteiger partial charge in [0.2, 0.25) is 5.91 Å². The van der Waals surface area contributed by atoms with Crippen molar-refractivity contribution in [2.75, 3.05) is 51.0 Å². The number of likely N-dealkylation sites (N-methyl/N-ethyl adjacent to an activating group) is 2. The topological polar surface area (TPSA) is 101 Å². The lowest BCUT2D eigenvalue weighted by atomic mass is 9.95. The Morgan fingerprint density at radius 1 is 1.20 bits per heavy atom. The van der Waals surface area contributed by atoms with Gasteiger partial charge in [-0.05, 0) is 57.1 Å². The second kappa shape index (κ2) is 11.7. The molecule has 15 heteroatoms. The fourth-order valence-corrected chi connectivity index (χ4v) is 6.89.